The van der Waals surface area contributed by atoms with Gasteiger partial charge in [-0.15, -0.1) is 0 Å². The van der Waals surface area contributed by atoms with E-state index in [1.165, 1.54) is 19.3 Å². The Labute approximate surface area is 115 Å². The summed E-state index contributed by atoms with van der Waals surface area (Å²) in [7, 11) is 0. The number of aromatic hydroxyl groups is 1. The lowest BCUT2D eigenvalue weighted by molar-refractivity contribution is 0.0902. The van der Waals surface area contributed by atoms with Crippen LogP contribution in [0.2, 0.25) is 0 Å². The molecule has 0 aliphatic heterocycles. The lowest BCUT2D eigenvalue weighted by atomic mass is 9.83. The van der Waals surface area contributed by atoms with E-state index in [4.69, 9.17) is 0 Å². The van der Waals surface area contributed by atoms with Crippen LogP contribution in [0, 0.1) is 12.8 Å². The first-order chi connectivity index (χ1) is 9.13. The Morgan fingerprint density at radius 2 is 2.11 bits per heavy atom. The molecule has 104 valence electrons. The van der Waals surface area contributed by atoms with Crippen molar-refractivity contribution < 1.29 is 9.90 Å². The molecule has 0 spiro atoms. The summed E-state index contributed by atoms with van der Waals surface area (Å²) in [5.41, 5.74) is 1.13. The van der Waals surface area contributed by atoms with E-state index in [-0.39, 0.29) is 17.7 Å². The van der Waals surface area contributed by atoms with Gasteiger partial charge in [-0.1, -0.05) is 38.3 Å². The van der Waals surface area contributed by atoms with Gasteiger partial charge in [-0.05, 0) is 37.3 Å². The third-order valence-electron chi connectivity index (χ3n) is 4.23. The minimum atomic E-state index is -0.147. The Morgan fingerprint density at radius 3 is 2.84 bits per heavy atom. The number of para-hydroxylation sites is 1. The van der Waals surface area contributed by atoms with Gasteiger partial charge in [0, 0.05) is 6.04 Å². The largest absolute Gasteiger partial charge is 0.507 e. The minimum Gasteiger partial charge on any atom is -0.507 e. The molecule has 2 N–H and O–H groups in total. The lowest BCUT2D eigenvalue weighted by Crippen LogP contribution is -2.41. The van der Waals surface area contributed by atoms with Crippen molar-refractivity contribution in [3.8, 4) is 5.75 Å². The molecule has 2 rings (SSSR count). The van der Waals surface area contributed by atoms with Gasteiger partial charge in [0.1, 0.15) is 5.75 Å². The van der Waals surface area contributed by atoms with Crippen molar-refractivity contribution in [3.63, 3.8) is 0 Å². The van der Waals surface area contributed by atoms with Crippen molar-refractivity contribution in [1.29, 1.82) is 0 Å². The highest BCUT2D eigenvalue weighted by Crippen LogP contribution is 2.28. The quantitative estimate of drug-likeness (QED) is 0.876. The van der Waals surface area contributed by atoms with Gasteiger partial charge >= 0.3 is 0 Å². The zero-order chi connectivity index (χ0) is 13.8. The van der Waals surface area contributed by atoms with Crippen LogP contribution in [-0.2, 0) is 0 Å². The van der Waals surface area contributed by atoms with Crippen LogP contribution in [0.4, 0.5) is 0 Å². The summed E-state index contributed by atoms with van der Waals surface area (Å²) in [5.74, 6) is 0.528. The Bertz CT molecular complexity index is 456. The summed E-state index contributed by atoms with van der Waals surface area (Å²) in [4.78, 5) is 12.3. The van der Waals surface area contributed by atoms with E-state index in [0.717, 1.165) is 18.4 Å². The van der Waals surface area contributed by atoms with E-state index >= 15 is 0 Å². The van der Waals surface area contributed by atoms with Crippen LogP contribution in [0.15, 0.2) is 18.2 Å². The molecule has 0 aromatic heterocycles. The van der Waals surface area contributed by atoms with Gasteiger partial charge in [0.2, 0.25) is 0 Å². The third-order valence-corrected chi connectivity index (χ3v) is 4.23. The number of phenols is 1. The van der Waals surface area contributed by atoms with E-state index in [2.05, 4.69) is 12.2 Å². The molecular weight excluding hydrogens is 238 g/mol. The van der Waals surface area contributed by atoms with Gasteiger partial charge in [-0.2, -0.15) is 0 Å². The fourth-order valence-electron chi connectivity index (χ4n) is 2.97. The molecule has 0 saturated heterocycles. The van der Waals surface area contributed by atoms with Gasteiger partial charge in [-0.3, -0.25) is 4.79 Å². The molecule has 2 unspecified atom stereocenters. The molecule has 0 heterocycles. The maximum atomic E-state index is 12.3. The molecule has 1 aliphatic rings. The first-order valence-electron chi connectivity index (χ1n) is 7.23. The summed E-state index contributed by atoms with van der Waals surface area (Å²) in [6.07, 6.45) is 5.80. The zero-order valence-corrected chi connectivity index (χ0v) is 11.8. The van der Waals surface area contributed by atoms with E-state index in [0.29, 0.717) is 11.5 Å². The molecule has 19 heavy (non-hydrogen) atoms. The van der Waals surface area contributed by atoms with Crippen molar-refractivity contribution in [2.24, 2.45) is 5.92 Å². The standard InChI is InChI=1S/C16H23NO2/c1-3-12-8-4-5-10-14(12)17-16(19)13-9-6-7-11(2)15(13)18/h6-7,9,12,14,18H,3-5,8,10H2,1-2H3,(H,17,19). The van der Waals surface area contributed by atoms with Crippen LogP contribution < -0.4 is 5.32 Å². The number of rotatable bonds is 3. The molecule has 1 aromatic rings. The number of hydrogen-bond donors (Lipinski definition) is 2. The monoisotopic (exact) mass is 261 g/mol. The van der Waals surface area contributed by atoms with Crippen molar-refractivity contribution in [2.75, 3.05) is 0 Å². The second-order valence-electron chi connectivity index (χ2n) is 5.50. The van der Waals surface area contributed by atoms with Crippen molar-refractivity contribution >= 4 is 5.91 Å². The molecule has 3 heteroatoms. The second-order valence-corrected chi connectivity index (χ2v) is 5.50. The fourth-order valence-corrected chi connectivity index (χ4v) is 2.97. The summed E-state index contributed by atoms with van der Waals surface area (Å²) >= 11 is 0. The molecular formula is C16H23NO2. The average molecular weight is 261 g/mol. The maximum absolute atomic E-state index is 12.3. The smallest absolute Gasteiger partial charge is 0.255 e. The lowest BCUT2D eigenvalue weighted by Gasteiger charge is -2.31. The van der Waals surface area contributed by atoms with Gasteiger partial charge in [0.25, 0.3) is 5.91 Å². The topological polar surface area (TPSA) is 49.3 Å². The first-order valence-corrected chi connectivity index (χ1v) is 7.23. The van der Waals surface area contributed by atoms with Crippen LogP contribution in [-0.4, -0.2) is 17.1 Å². The fraction of sp³-hybridized carbons (Fsp3) is 0.562. The summed E-state index contributed by atoms with van der Waals surface area (Å²) in [5, 5.41) is 13.1. The predicted octanol–water partition coefficient (Wildman–Crippen LogP) is 3.40. The molecule has 1 aromatic carbocycles. The average Bonchev–Trinajstić information content (AvgIpc) is 2.42. The first kappa shape index (κ1) is 13.9. The Hall–Kier alpha value is -1.51. The number of nitrogens with one attached hydrogen (secondary N) is 1. The number of amides is 1. The number of benzene rings is 1. The van der Waals surface area contributed by atoms with Crippen LogP contribution in [0.3, 0.4) is 0 Å². The van der Waals surface area contributed by atoms with Gasteiger partial charge < -0.3 is 10.4 Å². The molecule has 1 fully saturated rings. The summed E-state index contributed by atoms with van der Waals surface area (Å²) < 4.78 is 0. The van der Waals surface area contributed by atoms with Gasteiger partial charge in [-0.25, -0.2) is 0 Å². The zero-order valence-electron chi connectivity index (χ0n) is 11.8. The SMILES string of the molecule is CCC1CCCCC1NC(=O)c1cccc(C)c1O. The normalized spacial score (nSPS) is 23.1. The summed E-state index contributed by atoms with van der Waals surface area (Å²) in [6.45, 7) is 3.99. The molecule has 0 radical (unpaired) electrons. The van der Waals surface area contributed by atoms with E-state index in [1.807, 2.05) is 19.1 Å². The van der Waals surface area contributed by atoms with Crippen LogP contribution >= 0.6 is 0 Å². The van der Waals surface area contributed by atoms with Crippen molar-refractivity contribution in [2.45, 2.75) is 52.0 Å². The molecule has 0 bridgehead atoms. The van der Waals surface area contributed by atoms with Crippen molar-refractivity contribution in [3.05, 3.63) is 29.3 Å². The van der Waals surface area contributed by atoms with Crippen LogP contribution in [0.1, 0.15) is 54.9 Å². The Balaban J connectivity index is 2.09. The number of carbonyl (C=O) groups excluding carboxylic acids is 1. The van der Waals surface area contributed by atoms with Crippen LogP contribution in [0.5, 0.6) is 5.75 Å². The number of hydrogen-bond acceptors (Lipinski definition) is 2. The van der Waals surface area contributed by atoms with E-state index < -0.39 is 0 Å². The molecule has 3 nitrogen and oxygen atoms in total. The van der Waals surface area contributed by atoms with Gasteiger partial charge in [0.15, 0.2) is 0 Å². The van der Waals surface area contributed by atoms with Gasteiger partial charge in [0.05, 0.1) is 5.56 Å². The highest BCUT2D eigenvalue weighted by Gasteiger charge is 2.26. The predicted molar refractivity (Wildman–Crippen MR) is 76.3 cm³/mol. The maximum Gasteiger partial charge on any atom is 0.255 e. The number of phenolic OH excluding ortho intramolecular Hbond substituents is 1. The third kappa shape index (κ3) is 3.09. The Morgan fingerprint density at radius 1 is 1.37 bits per heavy atom. The van der Waals surface area contributed by atoms with Crippen molar-refractivity contribution in [1.82, 2.24) is 5.32 Å². The molecule has 1 aliphatic carbocycles. The molecule has 2 atom stereocenters. The van der Waals surface area contributed by atoms with E-state index in [1.54, 1.807) is 6.07 Å². The number of aryl methyl sites for hydroxylation is 1. The van der Waals surface area contributed by atoms with Crippen LogP contribution in [0.25, 0.3) is 0 Å². The Kier molecular flexibility index (Phi) is 4.46. The summed E-state index contributed by atoms with van der Waals surface area (Å²) in [6, 6.07) is 5.55. The molecule has 1 amide bonds. The minimum absolute atomic E-state index is 0.101. The number of carbonyl (C=O) groups is 1. The molecule has 1 saturated carbocycles. The highest BCUT2D eigenvalue weighted by molar-refractivity contribution is 5.97. The second kappa shape index (κ2) is 6.09. The van der Waals surface area contributed by atoms with E-state index in [9.17, 15) is 9.90 Å². The highest BCUT2D eigenvalue weighted by atomic mass is 16.3.